The molecule has 0 amide bonds. The minimum absolute atomic E-state index is 0.478. The van der Waals surface area contributed by atoms with E-state index in [0.29, 0.717) is 34.8 Å². The molecule has 1 heterocycles. The van der Waals surface area contributed by atoms with Crippen molar-refractivity contribution in [3.05, 3.63) is 58.9 Å². The Hall–Kier alpha value is -2.57. The van der Waals surface area contributed by atoms with Crippen molar-refractivity contribution < 1.29 is 9.47 Å². The number of hydrogen-bond donors (Lipinski definition) is 2. The number of halogens is 1. The Morgan fingerprint density at radius 2 is 2.00 bits per heavy atom. The van der Waals surface area contributed by atoms with Crippen LogP contribution in [0, 0.1) is 0 Å². The molecule has 0 saturated carbocycles. The number of aromatic nitrogens is 3. The summed E-state index contributed by atoms with van der Waals surface area (Å²) in [6.45, 7) is 2.48. The van der Waals surface area contributed by atoms with Gasteiger partial charge in [-0.25, -0.2) is 4.98 Å². The number of nitrogens with zero attached hydrogens (tertiary/aromatic N) is 2. The van der Waals surface area contributed by atoms with Crippen molar-refractivity contribution in [3.8, 4) is 22.9 Å². The van der Waals surface area contributed by atoms with Crippen molar-refractivity contribution in [1.82, 2.24) is 15.2 Å². The molecule has 0 radical (unpaired) electrons. The average Bonchev–Trinajstić information content (AvgIpc) is 3.12. The molecule has 2 aromatic carbocycles. The summed E-state index contributed by atoms with van der Waals surface area (Å²) in [5.74, 6) is 2.35. The fourth-order valence-electron chi connectivity index (χ4n) is 2.49. The lowest BCUT2D eigenvalue weighted by Gasteiger charge is -2.13. The van der Waals surface area contributed by atoms with Gasteiger partial charge in [0, 0.05) is 5.56 Å². The van der Waals surface area contributed by atoms with E-state index in [2.05, 4.69) is 15.2 Å². The minimum Gasteiger partial charge on any atom is -0.493 e. The van der Waals surface area contributed by atoms with Crippen molar-refractivity contribution in [2.24, 2.45) is 5.73 Å². The third kappa shape index (κ3) is 3.60. The average molecular weight is 359 g/mol. The van der Waals surface area contributed by atoms with Gasteiger partial charge >= 0.3 is 0 Å². The van der Waals surface area contributed by atoms with Gasteiger partial charge in [-0.1, -0.05) is 29.8 Å². The van der Waals surface area contributed by atoms with Gasteiger partial charge in [0.15, 0.2) is 17.3 Å². The highest BCUT2D eigenvalue weighted by atomic mass is 35.5. The molecule has 3 aromatic rings. The Morgan fingerprint density at radius 3 is 2.72 bits per heavy atom. The molecule has 1 atom stereocenters. The third-order valence-electron chi connectivity index (χ3n) is 3.76. The lowest BCUT2D eigenvalue weighted by molar-refractivity contribution is 0.310. The van der Waals surface area contributed by atoms with Crippen LogP contribution in [0.1, 0.15) is 24.4 Å². The fourth-order valence-corrected chi connectivity index (χ4v) is 2.71. The molecule has 3 rings (SSSR count). The van der Waals surface area contributed by atoms with E-state index in [1.165, 1.54) is 0 Å². The SMILES string of the molecule is CCOc1ccc([C@@H](N)c2nc(-c3ccccc3Cl)n[nH]2)cc1OC. The van der Waals surface area contributed by atoms with Gasteiger partial charge < -0.3 is 15.2 Å². The molecule has 25 heavy (non-hydrogen) atoms. The van der Waals surface area contributed by atoms with E-state index in [9.17, 15) is 0 Å². The molecule has 0 saturated heterocycles. The van der Waals surface area contributed by atoms with Crippen LogP contribution in [0.3, 0.4) is 0 Å². The number of aromatic amines is 1. The molecule has 0 aliphatic rings. The van der Waals surface area contributed by atoms with Crippen molar-refractivity contribution >= 4 is 11.6 Å². The summed E-state index contributed by atoms with van der Waals surface area (Å²) in [6.07, 6.45) is 0. The lowest BCUT2D eigenvalue weighted by Crippen LogP contribution is -2.14. The van der Waals surface area contributed by atoms with E-state index in [4.69, 9.17) is 26.8 Å². The third-order valence-corrected chi connectivity index (χ3v) is 4.09. The Labute approximate surface area is 150 Å². The van der Waals surface area contributed by atoms with Gasteiger partial charge in [0.2, 0.25) is 0 Å². The Morgan fingerprint density at radius 1 is 1.20 bits per heavy atom. The van der Waals surface area contributed by atoms with Crippen LogP contribution in [0.5, 0.6) is 11.5 Å². The van der Waals surface area contributed by atoms with Crippen LogP contribution >= 0.6 is 11.6 Å². The zero-order valence-corrected chi connectivity index (χ0v) is 14.7. The number of benzene rings is 2. The lowest BCUT2D eigenvalue weighted by atomic mass is 10.1. The highest BCUT2D eigenvalue weighted by Gasteiger charge is 2.18. The Kier molecular flexibility index (Phi) is 5.21. The molecule has 1 aromatic heterocycles. The Bertz CT molecular complexity index is 866. The van der Waals surface area contributed by atoms with Gasteiger partial charge in [-0.3, -0.25) is 5.10 Å². The molecular weight excluding hydrogens is 340 g/mol. The quantitative estimate of drug-likeness (QED) is 0.703. The first-order valence-electron chi connectivity index (χ1n) is 7.87. The molecule has 130 valence electrons. The van der Waals surface area contributed by atoms with Gasteiger partial charge in [-0.05, 0) is 36.8 Å². The summed E-state index contributed by atoms with van der Waals surface area (Å²) in [4.78, 5) is 4.48. The number of nitrogens with two attached hydrogens (primary N) is 1. The van der Waals surface area contributed by atoms with E-state index < -0.39 is 6.04 Å². The van der Waals surface area contributed by atoms with Crippen LogP contribution in [-0.2, 0) is 0 Å². The molecule has 0 bridgehead atoms. The number of hydrogen-bond acceptors (Lipinski definition) is 5. The molecule has 0 aliphatic heterocycles. The van der Waals surface area contributed by atoms with E-state index in [1.807, 2.05) is 43.3 Å². The standard InChI is InChI=1S/C18H19ClN4O2/c1-3-25-14-9-8-11(10-15(14)24-2)16(20)18-21-17(22-23-18)12-6-4-5-7-13(12)19/h4-10,16H,3,20H2,1-2H3,(H,21,22,23)/t16-/m1/s1. The minimum atomic E-state index is -0.478. The maximum Gasteiger partial charge on any atom is 0.182 e. The summed E-state index contributed by atoms with van der Waals surface area (Å²) in [5.41, 5.74) is 7.92. The number of methoxy groups -OCH3 is 1. The largest absolute Gasteiger partial charge is 0.493 e. The number of ether oxygens (including phenoxy) is 2. The summed E-state index contributed by atoms with van der Waals surface area (Å²) in [6, 6.07) is 12.5. The van der Waals surface area contributed by atoms with Crippen LogP contribution in [0.2, 0.25) is 5.02 Å². The molecule has 0 aliphatic carbocycles. The van der Waals surface area contributed by atoms with E-state index in [0.717, 1.165) is 11.1 Å². The molecule has 0 fully saturated rings. The summed E-state index contributed by atoms with van der Waals surface area (Å²) in [7, 11) is 1.59. The van der Waals surface area contributed by atoms with Crippen molar-refractivity contribution in [2.45, 2.75) is 13.0 Å². The molecule has 7 heteroatoms. The van der Waals surface area contributed by atoms with E-state index in [1.54, 1.807) is 13.2 Å². The maximum absolute atomic E-state index is 6.33. The first-order valence-corrected chi connectivity index (χ1v) is 8.25. The van der Waals surface area contributed by atoms with E-state index in [-0.39, 0.29) is 0 Å². The van der Waals surface area contributed by atoms with Crippen LogP contribution < -0.4 is 15.2 Å². The summed E-state index contributed by atoms with van der Waals surface area (Å²) < 4.78 is 10.9. The smallest absolute Gasteiger partial charge is 0.182 e. The molecule has 6 nitrogen and oxygen atoms in total. The maximum atomic E-state index is 6.33. The predicted octanol–water partition coefficient (Wildman–Crippen LogP) is 3.58. The Balaban J connectivity index is 1.89. The van der Waals surface area contributed by atoms with Gasteiger partial charge in [0.25, 0.3) is 0 Å². The van der Waals surface area contributed by atoms with Gasteiger partial charge in [0.05, 0.1) is 24.8 Å². The topological polar surface area (TPSA) is 86.0 Å². The molecule has 0 unspecified atom stereocenters. The van der Waals surface area contributed by atoms with Crippen LogP contribution in [0.4, 0.5) is 0 Å². The van der Waals surface area contributed by atoms with Crippen LogP contribution in [0.25, 0.3) is 11.4 Å². The summed E-state index contributed by atoms with van der Waals surface area (Å²) >= 11 is 6.20. The highest BCUT2D eigenvalue weighted by Crippen LogP contribution is 2.31. The van der Waals surface area contributed by atoms with E-state index >= 15 is 0 Å². The van der Waals surface area contributed by atoms with Gasteiger partial charge in [0.1, 0.15) is 5.82 Å². The second-order valence-corrected chi connectivity index (χ2v) is 5.75. The molecular formula is C18H19ClN4O2. The van der Waals surface area contributed by atoms with Crippen LogP contribution in [0.15, 0.2) is 42.5 Å². The molecule has 0 spiro atoms. The number of rotatable bonds is 6. The first-order chi connectivity index (χ1) is 12.1. The zero-order chi connectivity index (χ0) is 17.8. The second kappa shape index (κ2) is 7.55. The second-order valence-electron chi connectivity index (χ2n) is 5.35. The number of H-pyrrole nitrogens is 1. The van der Waals surface area contributed by atoms with Crippen LogP contribution in [-0.4, -0.2) is 28.9 Å². The normalized spacial score (nSPS) is 12.0. The van der Waals surface area contributed by atoms with Gasteiger partial charge in [-0.2, -0.15) is 5.10 Å². The monoisotopic (exact) mass is 358 g/mol. The fraction of sp³-hybridized carbons (Fsp3) is 0.222. The molecule has 3 N–H and O–H groups in total. The zero-order valence-electron chi connectivity index (χ0n) is 14.0. The summed E-state index contributed by atoms with van der Waals surface area (Å²) in [5, 5.41) is 7.70. The highest BCUT2D eigenvalue weighted by molar-refractivity contribution is 6.33. The van der Waals surface area contributed by atoms with Gasteiger partial charge in [-0.15, -0.1) is 0 Å². The number of nitrogens with one attached hydrogen (secondary N) is 1. The van der Waals surface area contributed by atoms with Crippen molar-refractivity contribution in [1.29, 1.82) is 0 Å². The van der Waals surface area contributed by atoms with Crippen molar-refractivity contribution in [2.75, 3.05) is 13.7 Å². The predicted molar refractivity (Wildman–Crippen MR) is 97.0 cm³/mol. The first kappa shape index (κ1) is 17.3. The van der Waals surface area contributed by atoms with Crippen molar-refractivity contribution in [3.63, 3.8) is 0 Å².